The van der Waals surface area contributed by atoms with Crippen LogP contribution in [0, 0.1) is 11.3 Å². The summed E-state index contributed by atoms with van der Waals surface area (Å²) >= 11 is 0. The second kappa shape index (κ2) is 8.83. The van der Waals surface area contributed by atoms with E-state index in [0.717, 1.165) is 11.4 Å². The zero-order chi connectivity index (χ0) is 14.0. The first-order chi connectivity index (χ1) is 8.72. The number of allylic oxidation sites excluding steroid dienone is 3. The van der Waals surface area contributed by atoms with Gasteiger partial charge in [-0.1, -0.05) is 33.1 Å². The third-order valence-electron chi connectivity index (χ3n) is 2.27. The van der Waals surface area contributed by atoms with E-state index < -0.39 is 0 Å². The summed E-state index contributed by atoms with van der Waals surface area (Å²) < 4.78 is 0. The second-order valence-electron chi connectivity index (χ2n) is 3.25. The van der Waals surface area contributed by atoms with Gasteiger partial charge in [-0.2, -0.15) is 5.26 Å². The van der Waals surface area contributed by atoms with Crippen molar-refractivity contribution in [3.8, 4) is 6.07 Å². The SMILES string of the molecule is C=C/C=C(\C=C)N(C)c1ccc(C#N)cc1.CC. The van der Waals surface area contributed by atoms with Crippen molar-refractivity contribution in [2.24, 2.45) is 0 Å². The van der Waals surface area contributed by atoms with Crippen molar-refractivity contribution >= 4 is 5.69 Å². The lowest BCUT2D eigenvalue weighted by Crippen LogP contribution is -2.14. The number of hydrogen-bond donors (Lipinski definition) is 0. The molecule has 1 rings (SSSR count). The summed E-state index contributed by atoms with van der Waals surface area (Å²) in [5.74, 6) is 0. The fourth-order valence-corrected chi connectivity index (χ4v) is 1.35. The van der Waals surface area contributed by atoms with Gasteiger partial charge in [-0.3, -0.25) is 0 Å². The highest BCUT2D eigenvalue weighted by Gasteiger charge is 2.02. The van der Waals surface area contributed by atoms with Gasteiger partial charge in [-0.15, -0.1) is 0 Å². The fourth-order valence-electron chi connectivity index (χ4n) is 1.35. The number of nitrogens with zero attached hydrogens (tertiary/aromatic N) is 2. The Balaban J connectivity index is 0.00000137. The summed E-state index contributed by atoms with van der Waals surface area (Å²) in [5.41, 5.74) is 2.62. The number of nitriles is 1. The van der Waals surface area contributed by atoms with Crippen LogP contribution in [0.3, 0.4) is 0 Å². The molecule has 0 bridgehead atoms. The standard InChI is InChI=1S/C14H14N2.C2H6/c1-4-6-13(5-2)16(3)14-9-7-12(11-15)8-10-14;1-2/h4-10H,1-2H2,3H3;1-2H3/b13-6+;. The van der Waals surface area contributed by atoms with Gasteiger partial charge in [0.1, 0.15) is 0 Å². The maximum absolute atomic E-state index is 8.70. The van der Waals surface area contributed by atoms with Crippen LogP contribution in [0.2, 0.25) is 0 Å². The molecule has 1 aromatic carbocycles. The van der Waals surface area contributed by atoms with E-state index in [9.17, 15) is 0 Å². The number of rotatable bonds is 4. The molecule has 0 aromatic heterocycles. The molecule has 0 unspecified atom stereocenters. The highest BCUT2D eigenvalue weighted by Crippen LogP contribution is 2.18. The van der Waals surface area contributed by atoms with E-state index >= 15 is 0 Å². The fraction of sp³-hybridized carbons (Fsp3) is 0.188. The Morgan fingerprint density at radius 3 is 2.17 bits per heavy atom. The average Bonchev–Trinajstić information content (AvgIpc) is 2.46. The van der Waals surface area contributed by atoms with Gasteiger partial charge in [-0.05, 0) is 36.4 Å². The van der Waals surface area contributed by atoms with Crippen LogP contribution >= 0.6 is 0 Å². The molecule has 0 N–H and O–H groups in total. The predicted octanol–water partition coefficient (Wildman–Crippen LogP) is 4.28. The number of hydrogen-bond acceptors (Lipinski definition) is 2. The van der Waals surface area contributed by atoms with Crippen LogP contribution in [-0.2, 0) is 0 Å². The van der Waals surface area contributed by atoms with E-state index in [0.29, 0.717) is 5.56 Å². The summed E-state index contributed by atoms with van der Waals surface area (Å²) in [5, 5.41) is 8.70. The van der Waals surface area contributed by atoms with Crippen LogP contribution in [0.15, 0.2) is 61.3 Å². The monoisotopic (exact) mass is 240 g/mol. The maximum atomic E-state index is 8.70. The maximum Gasteiger partial charge on any atom is 0.0991 e. The summed E-state index contributed by atoms with van der Waals surface area (Å²) in [7, 11) is 1.94. The molecule has 1 aromatic rings. The van der Waals surface area contributed by atoms with Gasteiger partial charge >= 0.3 is 0 Å². The van der Waals surface area contributed by atoms with E-state index in [4.69, 9.17) is 5.26 Å². The Morgan fingerprint density at radius 2 is 1.78 bits per heavy atom. The molecular weight excluding hydrogens is 220 g/mol. The molecule has 0 spiro atoms. The predicted molar refractivity (Wildman–Crippen MR) is 79.4 cm³/mol. The lowest BCUT2D eigenvalue weighted by atomic mass is 10.2. The average molecular weight is 240 g/mol. The van der Waals surface area contributed by atoms with Crippen molar-refractivity contribution in [3.63, 3.8) is 0 Å². The zero-order valence-corrected chi connectivity index (χ0v) is 11.4. The van der Waals surface area contributed by atoms with Gasteiger partial charge in [0.05, 0.1) is 11.6 Å². The van der Waals surface area contributed by atoms with Crippen molar-refractivity contribution in [2.45, 2.75) is 13.8 Å². The molecule has 18 heavy (non-hydrogen) atoms. The third kappa shape index (κ3) is 4.31. The Labute approximate surface area is 110 Å². The van der Waals surface area contributed by atoms with Crippen LogP contribution in [0.25, 0.3) is 0 Å². The molecule has 0 radical (unpaired) electrons. The number of benzene rings is 1. The van der Waals surface area contributed by atoms with Crippen LogP contribution < -0.4 is 4.90 Å². The second-order valence-corrected chi connectivity index (χ2v) is 3.25. The quantitative estimate of drug-likeness (QED) is 0.735. The van der Waals surface area contributed by atoms with Gasteiger partial charge in [0.15, 0.2) is 0 Å². The van der Waals surface area contributed by atoms with Gasteiger partial charge in [0.25, 0.3) is 0 Å². The first-order valence-electron chi connectivity index (χ1n) is 5.92. The number of anilines is 1. The molecule has 2 heteroatoms. The van der Waals surface area contributed by atoms with Crippen molar-refractivity contribution in [1.29, 1.82) is 5.26 Å². The first-order valence-corrected chi connectivity index (χ1v) is 5.92. The van der Waals surface area contributed by atoms with Gasteiger partial charge in [-0.25, -0.2) is 0 Å². The van der Waals surface area contributed by atoms with E-state index in [1.54, 1.807) is 24.3 Å². The molecule has 0 atom stereocenters. The molecule has 94 valence electrons. The molecule has 0 fully saturated rings. The molecule has 0 saturated heterocycles. The molecule has 0 saturated carbocycles. The molecule has 0 heterocycles. The minimum atomic E-state index is 0.657. The topological polar surface area (TPSA) is 27.0 Å². The van der Waals surface area contributed by atoms with Crippen molar-refractivity contribution in [1.82, 2.24) is 0 Å². The highest BCUT2D eigenvalue weighted by atomic mass is 15.1. The molecule has 2 nitrogen and oxygen atoms in total. The highest BCUT2D eigenvalue weighted by molar-refractivity contribution is 5.55. The van der Waals surface area contributed by atoms with Crippen LogP contribution in [0.5, 0.6) is 0 Å². The minimum absolute atomic E-state index is 0.657. The zero-order valence-electron chi connectivity index (χ0n) is 11.4. The molecule has 0 aliphatic heterocycles. The largest absolute Gasteiger partial charge is 0.345 e. The van der Waals surface area contributed by atoms with E-state index in [2.05, 4.69) is 19.2 Å². The smallest absolute Gasteiger partial charge is 0.0991 e. The Hall–Kier alpha value is -2.27. The summed E-state index contributed by atoms with van der Waals surface area (Å²) in [6.07, 6.45) is 5.36. The van der Waals surface area contributed by atoms with E-state index in [-0.39, 0.29) is 0 Å². The Morgan fingerprint density at radius 1 is 1.22 bits per heavy atom. The molecule has 0 aliphatic rings. The third-order valence-corrected chi connectivity index (χ3v) is 2.27. The first kappa shape index (κ1) is 15.7. The van der Waals surface area contributed by atoms with Gasteiger partial charge in [0.2, 0.25) is 0 Å². The Bertz CT molecular complexity index is 447. The van der Waals surface area contributed by atoms with Crippen molar-refractivity contribution in [3.05, 3.63) is 66.9 Å². The molecule has 0 aliphatic carbocycles. The molecular formula is C16H20N2. The van der Waals surface area contributed by atoms with E-state index in [1.807, 2.05) is 44.0 Å². The minimum Gasteiger partial charge on any atom is -0.345 e. The van der Waals surface area contributed by atoms with Crippen LogP contribution in [-0.4, -0.2) is 7.05 Å². The van der Waals surface area contributed by atoms with Crippen LogP contribution in [0.1, 0.15) is 19.4 Å². The normalized spacial score (nSPS) is 9.56. The lowest BCUT2D eigenvalue weighted by molar-refractivity contribution is 1.14. The molecule has 0 amide bonds. The number of likely N-dealkylation sites (N-methyl/N-ethyl adjacent to an activating group) is 1. The summed E-state index contributed by atoms with van der Waals surface area (Å²) in [6.45, 7) is 11.4. The summed E-state index contributed by atoms with van der Waals surface area (Å²) in [4.78, 5) is 1.98. The van der Waals surface area contributed by atoms with Crippen molar-refractivity contribution in [2.75, 3.05) is 11.9 Å². The summed E-state index contributed by atoms with van der Waals surface area (Å²) in [6, 6.07) is 9.48. The Kier molecular flexibility index (Phi) is 7.72. The van der Waals surface area contributed by atoms with E-state index in [1.165, 1.54) is 0 Å². The van der Waals surface area contributed by atoms with Crippen molar-refractivity contribution < 1.29 is 0 Å². The van der Waals surface area contributed by atoms with Crippen LogP contribution in [0.4, 0.5) is 5.69 Å². The van der Waals surface area contributed by atoms with Gasteiger partial charge < -0.3 is 4.90 Å². The van der Waals surface area contributed by atoms with Gasteiger partial charge in [0, 0.05) is 18.4 Å². The lowest BCUT2D eigenvalue weighted by Gasteiger charge is -2.20.